The first kappa shape index (κ1) is 13.4. The monoisotopic (exact) mass is 278 g/mol. The maximum atomic E-state index is 5.96. The Morgan fingerprint density at radius 1 is 1.14 bits per heavy atom. The van der Waals surface area contributed by atoms with Crippen molar-refractivity contribution in [3.63, 3.8) is 0 Å². The van der Waals surface area contributed by atoms with Gasteiger partial charge in [-0.25, -0.2) is 0 Å². The third-order valence-corrected chi connectivity index (χ3v) is 3.56. The molecule has 106 valence electrons. The predicted molar refractivity (Wildman–Crippen MR) is 84.8 cm³/mol. The number of hydrogen-bond acceptors (Lipinski definition) is 3. The molecule has 0 spiro atoms. The van der Waals surface area contributed by atoms with Crippen LogP contribution in [0.2, 0.25) is 0 Å². The van der Waals surface area contributed by atoms with Crippen molar-refractivity contribution in [2.45, 2.75) is 19.9 Å². The van der Waals surface area contributed by atoms with E-state index in [0.29, 0.717) is 0 Å². The Morgan fingerprint density at radius 3 is 2.81 bits per heavy atom. The molecule has 0 amide bonds. The van der Waals surface area contributed by atoms with Crippen molar-refractivity contribution in [2.24, 2.45) is 0 Å². The van der Waals surface area contributed by atoms with Crippen molar-refractivity contribution in [1.82, 2.24) is 14.8 Å². The lowest BCUT2D eigenvalue weighted by atomic mass is 10.0. The molecule has 0 radical (unpaired) electrons. The van der Waals surface area contributed by atoms with Gasteiger partial charge in [-0.3, -0.25) is 9.67 Å². The third kappa shape index (κ3) is 2.94. The van der Waals surface area contributed by atoms with E-state index in [1.807, 2.05) is 41.3 Å². The van der Waals surface area contributed by atoms with Gasteiger partial charge in [-0.15, -0.1) is 0 Å². The zero-order valence-corrected chi connectivity index (χ0v) is 12.0. The number of pyridine rings is 1. The Hall–Kier alpha value is -2.62. The number of aromatic nitrogens is 3. The molecule has 0 saturated heterocycles. The standard InChI is InChI=1S/C17H18N4/c1-2-14-8-15(5-6-17(14)18)16-10-20-21(12-16)11-13-4-3-7-19-9-13/h3-10,12H,2,11,18H2,1H3. The second-order valence-corrected chi connectivity index (χ2v) is 5.06. The molecule has 0 bridgehead atoms. The Morgan fingerprint density at radius 2 is 2.05 bits per heavy atom. The maximum absolute atomic E-state index is 5.96. The highest BCUT2D eigenvalue weighted by atomic mass is 15.3. The van der Waals surface area contributed by atoms with Crippen molar-refractivity contribution < 1.29 is 0 Å². The van der Waals surface area contributed by atoms with Crippen LogP contribution in [0.1, 0.15) is 18.1 Å². The summed E-state index contributed by atoms with van der Waals surface area (Å²) < 4.78 is 1.92. The van der Waals surface area contributed by atoms with Crippen molar-refractivity contribution in [1.29, 1.82) is 0 Å². The summed E-state index contributed by atoms with van der Waals surface area (Å²) >= 11 is 0. The topological polar surface area (TPSA) is 56.7 Å². The minimum atomic E-state index is 0.726. The fourth-order valence-electron chi connectivity index (χ4n) is 2.37. The van der Waals surface area contributed by atoms with Gasteiger partial charge >= 0.3 is 0 Å². The summed E-state index contributed by atoms with van der Waals surface area (Å²) in [6, 6.07) is 10.1. The molecule has 0 atom stereocenters. The number of benzene rings is 1. The molecule has 4 heteroatoms. The van der Waals surface area contributed by atoms with Gasteiger partial charge in [-0.05, 0) is 41.3 Å². The number of aryl methyl sites for hydroxylation is 1. The van der Waals surface area contributed by atoms with Gasteiger partial charge in [-0.2, -0.15) is 5.10 Å². The van der Waals surface area contributed by atoms with E-state index in [1.165, 1.54) is 5.56 Å². The van der Waals surface area contributed by atoms with Crippen LogP contribution in [-0.2, 0) is 13.0 Å². The first-order chi connectivity index (χ1) is 10.3. The molecule has 1 aromatic carbocycles. The van der Waals surface area contributed by atoms with E-state index in [1.54, 1.807) is 6.20 Å². The number of nitrogens with zero attached hydrogens (tertiary/aromatic N) is 3. The van der Waals surface area contributed by atoms with E-state index < -0.39 is 0 Å². The lowest BCUT2D eigenvalue weighted by Gasteiger charge is -2.05. The lowest BCUT2D eigenvalue weighted by Crippen LogP contribution is -1.99. The molecule has 0 saturated carbocycles. The summed E-state index contributed by atoms with van der Waals surface area (Å²) in [6.45, 7) is 2.84. The lowest BCUT2D eigenvalue weighted by molar-refractivity contribution is 0.685. The van der Waals surface area contributed by atoms with Crippen LogP contribution in [0.4, 0.5) is 5.69 Å². The van der Waals surface area contributed by atoms with Crippen molar-refractivity contribution in [2.75, 3.05) is 5.73 Å². The van der Waals surface area contributed by atoms with Crippen LogP contribution in [0, 0.1) is 0 Å². The van der Waals surface area contributed by atoms with Crippen LogP contribution in [0.3, 0.4) is 0 Å². The highest BCUT2D eigenvalue weighted by Gasteiger charge is 2.05. The fourth-order valence-corrected chi connectivity index (χ4v) is 2.37. The number of nitrogens with two attached hydrogens (primary N) is 1. The van der Waals surface area contributed by atoms with Crippen molar-refractivity contribution in [3.05, 3.63) is 66.2 Å². The molecular formula is C17H18N4. The molecule has 0 aliphatic rings. The summed E-state index contributed by atoms with van der Waals surface area (Å²) in [4.78, 5) is 4.12. The molecule has 3 aromatic rings. The van der Waals surface area contributed by atoms with Gasteiger partial charge in [-0.1, -0.05) is 19.1 Å². The second-order valence-electron chi connectivity index (χ2n) is 5.06. The van der Waals surface area contributed by atoms with E-state index in [9.17, 15) is 0 Å². The van der Waals surface area contributed by atoms with Crippen LogP contribution < -0.4 is 5.73 Å². The first-order valence-electron chi connectivity index (χ1n) is 7.06. The Balaban J connectivity index is 1.85. The van der Waals surface area contributed by atoms with Crippen molar-refractivity contribution in [3.8, 4) is 11.1 Å². The molecule has 0 aliphatic heterocycles. The van der Waals surface area contributed by atoms with E-state index in [-0.39, 0.29) is 0 Å². The molecule has 2 N–H and O–H groups in total. The summed E-state index contributed by atoms with van der Waals surface area (Å²) in [5, 5.41) is 4.42. The zero-order chi connectivity index (χ0) is 14.7. The zero-order valence-electron chi connectivity index (χ0n) is 12.0. The smallest absolute Gasteiger partial charge is 0.0674 e. The summed E-state index contributed by atoms with van der Waals surface area (Å²) in [5.41, 5.74) is 11.4. The Bertz CT molecular complexity index is 732. The average molecular weight is 278 g/mol. The molecule has 2 aromatic heterocycles. The summed E-state index contributed by atoms with van der Waals surface area (Å²) in [7, 11) is 0. The number of rotatable bonds is 4. The number of anilines is 1. The van der Waals surface area contributed by atoms with Gasteiger partial charge in [0, 0.05) is 29.8 Å². The van der Waals surface area contributed by atoms with Gasteiger partial charge in [0.1, 0.15) is 0 Å². The first-order valence-corrected chi connectivity index (χ1v) is 7.06. The van der Waals surface area contributed by atoms with E-state index >= 15 is 0 Å². The molecule has 0 unspecified atom stereocenters. The molecule has 21 heavy (non-hydrogen) atoms. The molecule has 2 heterocycles. The van der Waals surface area contributed by atoms with Crippen LogP contribution in [0.25, 0.3) is 11.1 Å². The number of hydrogen-bond donors (Lipinski definition) is 1. The normalized spacial score (nSPS) is 10.7. The van der Waals surface area contributed by atoms with Gasteiger partial charge in [0.05, 0.1) is 12.7 Å². The van der Waals surface area contributed by atoms with Gasteiger partial charge in [0.2, 0.25) is 0 Å². The van der Waals surface area contributed by atoms with Gasteiger partial charge in [0.25, 0.3) is 0 Å². The summed E-state index contributed by atoms with van der Waals surface area (Å²) in [6.07, 6.45) is 8.52. The second kappa shape index (κ2) is 5.79. The fraction of sp³-hybridized carbons (Fsp3) is 0.176. The largest absolute Gasteiger partial charge is 0.399 e. The van der Waals surface area contributed by atoms with Crippen LogP contribution in [0.5, 0.6) is 0 Å². The van der Waals surface area contributed by atoms with Gasteiger partial charge < -0.3 is 5.73 Å². The number of nitrogen functional groups attached to an aromatic ring is 1. The third-order valence-electron chi connectivity index (χ3n) is 3.56. The van der Waals surface area contributed by atoms with Crippen LogP contribution >= 0.6 is 0 Å². The van der Waals surface area contributed by atoms with E-state index in [2.05, 4.69) is 29.3 Å². The molecule has 0 fully saturated rings. The minimum absolute atomic E-state index is 0.726. The highest BCUT2D eigenvalue weighted by Crippen LogP contribution is 2.24. The van der Waals surface area contributed by atoms with E-state index in [0.717, 1.165) is 35.3 Å². The quantitative estimate of drug-likeness (QED) is 0.746. The average Bonchev–Trinajstić information content (AvgIpc) is 2.97. The summed E-state index contributed by atoms with van der Waals surface area (Å²) in [5.74, 6) is 0. The molecule has 4 nitrogen and oxygen atoms in total. The highest BCUT2D eigenvalue weighted by molar-refractivity contribution is 5.66. The predicted octanol–water partition coefficient (Wildman–Crippen LogP) is 3.14. The van der Waals surface area contributed by atoms with Crippen molar-refractivity contribution >= 4 is 5.69 Å². The SMILES string of the molecule is CCc1cc(-c2cnn(Cc3cccnc3)c2)ccc1N. The van der Waals surface area contributed by atoms with E-state index in [4.69, 9.17) is 5.73 Å². The minimum Gasteiger partial charge on any atom is -0.399 e. The maximum Gasteiger partial charge on any atom is 0.0674 e. The Kier molecular flexibility index (Phi) is 3.69. The molecule has 3 rings (SSSR count). The van der Waals surface area contributed by atoms with Crippen LogP contribution in [0.15, 0.2) is 55.1 Å². The van der Waals surface area contributed by atoms with Gasteiger partial charge in [0.15, 0.2) is 0 Å². The molecule has 0 aliphatic carbocycles. The Labute approximate surface area is 124 Å². The molecular weight excluding hydrogens is 260 g/mol. The van der Waals surface area contributed by atoms with Crippen LogP contribution in [-0.4, -0.2) is 14.8 Å².